The zero-order valence-electron chi connectivity index (χ0n) is 29.6. The van der Waals surface area contributed by atoms with Crippen molar-refractivity contribution in [1.29, 1.82) is 0 Å². The van der Waals surface area contributed by atoms with Crippen LogP contribution in [0.15, 0.2) is 42.6 Å². The predicted octanol–water partition coefficient (Wildman–Crippen LogP) is 4.61. The molecule has 1 atom stereocenters. The Hall–Kier alpha value is -3.55. The van der Waals surface area contributed by atoms with Gasteiger partial charge in [0, 0.05) is 69.0 Å². The molecule has 6 heterocycles. The van der Waals surface area contributed by atoms with Crippen molar-refractivity contribution < 1.29 is 14.6 Å². The lowest BCUT2D eigenvalue weighted by Gasteiger charge is -2.54. The fourth-order valence-corrected chi connectivity index (χ4v) is 9.40. The summed E-state index contributed by atoms with van der Waals surface area (Å²) in [6, 6.07) is 13.1. The first-order valence-electron chi connectivity index (χ1n) is 18.5. The highest BCUT2D eigenvalue weighted by atomic mass is 16.5. The van der Waals surface area contributed by atoms with Crippen LogP contribution >= 0.6 is 0 Å². The number of ether oxygens (including phenoxy) is 2. The summed E-state index contributed by atoms with van der Waals surface area (Å²) in [5, 5.41) is 17.8. The molecule has 0 radical (unpaired) electrons. The van der Waals surface area contributed by atoms with Gasteiger partial charge in [0.2, 0.25) is 0 Å². The van der Waals surface area contributed by atoms with Crippen LogP contribution in [0.1, 0.15) is 63.3 Å². The van der Waals surface area contributed by atoms with E-state index in [-0.39, 0.29) is 11.7 Å². The van der Waals surface area contributed by atoms with Crippen molar-refractivity contribution in [2.24, 2.45) is 16.6 Å². The lowest BCUT2D eigenvalue weighted by molar-refractivity contribution is -0.0419. The molecule has 2 aromatic heterocycles. The van der Waals surface area contributed by atoms with Crippen LogP contribution in [-0.2, 0) is 4.74 Å². The largest absolute Gasteiger partial charge is 0.494 e. The van der Waals surface area contributed by atoms with Crippen molar-refractivity contribution in [3.8, 4) is 17.1 Å². The van der Waals surface area contributed by atoms with Crippen LogP contribution in [0.2, 0.25) is 0 Å². The highest BCUT2D eigenvalue weighted by Crippen LogP contribution is 2.50. The average molecular weight is 684 g/mol. The Labute approximate surface area is 295 Å². The van der Waals surface area contributed by atoms with Crippen molar-refractivity contribution in [2.75, 3.05) is 82.2 Å². The van der Waals surface area contributed by atoms with E-state index in [0.717, 1.165) is 57.7 Å². The summed E-state index contributed by atoms with van der Waals surface area (Å²) in [5.41, 5.74) is 10.4. The maximum absolute atomic E-state index is 10.7. The molecule has 2 spiro atoms. The monoisotopic (exact) mass is 683 g/mol. The van der Waals surface area contributed by atoms with Crippen LogP contribution in [0, 0.1) is 10.8 Å². The van der Waals surface area contributed by atoms with Gasteiger partial charge in [-0.2, -0.15) is 0 Å². The molecular formula is C38H53N9O3. The number of likely N-dealkylation sites (tertiary alicyclic amines) is 2. The standard InChI is InChI=1S/C38H53N9O3/c1-45-24-38(25-45)11-18-47(19-12-38)29-9-16-46(17-10-29)28-7-5-26(6-8-28)41-36-33(34(39)48)43-32(31-30(49-2)4-3-15-40-31)35(44-36)42-27-22-37(23-27)13-20-50-21-14-37/h3-8,15,27,29,34,48H,9-14,16-25,39H2,1-2H3,(H2,41,42,44). The summed E-state index contributed by atoms with van der Waals surface area (Å²) in [6.07, 6.45) is 9.77. The van der Waals surface area contributed by atoms with Crippen LogP contribution in [0.4, 0.5) is 23.0 Å². The molecule has 4 saturated heterocycles. The van der Waals surface area contributed by atoms with E-state index in [4.69, 9.17) is 25.2 Å². The van der Waals surface area contributed by atoms with Crippen molar-refractivity contribution in [3.05, 3.63) is 48.3 Å². The summed E-state index contributed by atoms with van der Waals surface area (Å²) < 4.78 is 11.3. The van der Waals surface area contributed by atoms with E-state index >= 15 is 0 Å². The topological polar surface area (TPSA) is 137 Å². The maximum atomic E-state index is 10.7. The van der Waals surface area contributed by atoms with Crippen LogP contribution < -0.4 is 26.0 Å². The Balaban J connectivity index is 0.962. The van der Waals surface area contributed by atoms with Crippen molar-refractivity contribution in [2.45, 2.75) is 69.7 Å². The van der Waals surface area contributed by atoms with E-state index in [1.165, 1.54) is 57.5 Å². The van der Waals surface area contributed by atoms with Crippen molar-refractivity contribution in [1.82, 2.24) is 24.8 Å². The summed E-state index contributed by atoms with van der Waals surface area (Å²) in [5.74, 6) is 1.57. The molecule has 5 fully saturated rings. The van der Waals surface area contributed by atoms with Gasteiger partial charge in [-0.1, -0.05) is 0 Å². The summed E-state index contributed by atoms with van der Waals surface area (Å²) in [7, 11) is 3.86. The zero-order valence-corrected chi connectivity index (χ0v) is 29.6. The Bertz CT molecular complexity index is 1610. The number of hydrogen-bond donors (Lipinski definition) is 4. The van der Waals surface area contributed by atoms with E-state index in [1.807, 2.05) is 12.1 Å². The summed E-state index contributed by atoms with van der Waals surface area (Å²) in [6.45, 7) is 8.87. The van der Waals surface area contributed by atoms with Gasteiger partial charge in [0.25, 0.3) is 0 Å². The molecule has 50 heavy (non-hydrogen) atoms. The second-order valence-corrected chi connectivity index (χ2v) is 15.6. The lowest BCUT2D eigenvalue weighted by atomic mass is 9.61. The number of aromatic nitrogens is 3. The first-order valence-corrected chi connectivity index (χ1v) is 18.5. The molecule has 8 rings (SSSR count). The summed E-state index contributed by atoms with van der Waals surface area (Å²) in [4.78, 5) is 22.2. The van der Waals surface area contributed by atoms with Gasteiger partial charge in [-0.05, 0) is 119 Å². The highest BCUT2D eigenvalue weighted by molar-refractivity contribution is 5.76. The Morgan fingerprint density at radius 3 is 2.30 bits per heavy atom. The third kappa shape index (κ3) is 6.76. The molecule has 1 unspecified atom stereocenters. The van der Waals surface area contributed by atoms with Crippen LogP contribution in [0.5, 0.6) is 5.75 Å². The smallest absolute Gasteiger partial charge is 0.158 e. The van der Waals surface area contributed by atoms with Gasteiger partial charge in [-0.25, -0.2) is 9.97 Å². The normalized spacial score (nSPS) is 23.3. The number of hydrogen-bond acceptors (Lipinski definition) is 12. The number of nitrogens with one attached hydrogen (secondary N) is 2. The number of piperidine rings is 2. The number of nitrogens with zero attached hydrogens (tertiary/aromatic N) is 6. The SMILES string of the molecule is COc1cccnc1-c1nc(C(N)O)c(Nc2ccc(N3CCC(N4CCC5(CC4)CN(C)C5)CC3)cc2)nc1NC1CC2(CCOCC2)C1. The molecular weight excluding hydrogens is 630 g/mol. The Morgan fingerprint density at radius 2 is 1.64 bits per heavy atom. The second-order valence-electron chi connectivity index (χ2n) is 15.6. The predicted molar refractivity (Wildman–Crippen MR) is 196 cm³/mol. The number of benzene rings is 1. The van der Waals surface area contributed by atoms with E-state index in [9.17, 15) is 5.11 Å². The molecule has 268 valence electrons. The molecule has 0 bridgehead atoms. The number of methoxy groups -OCH3 is 1. The minimum atomic E-state index is -1.34. The van der Waals surface area contributed by atoms with Gasteiger partial charge < -0.3 is 45.6 Å². The third-order valence-electron chi connectivity index (χ3n) is 12.2. The zero-order chi connectivity index (χ0) is 34.3. The maximum Gasteiger partial charge on any atom is 0.158 e. The van der Waals surface area contributed by atoms with Gasteiger partial charge in [0.15, 0.2) is 11.6 Å². The number of anilines is 4. The first-order chi connectivity index (χ1) is 24.3. The molecule has 5 aliphatic rings. The molecule has 3 aromatic rings. The molecule has 1 saturated carbocycles. The fourth-order valence-electron chi connectivity index (χ4n) is 9.40. The van der Waals surface area contributed by atoms with Gasteiger partial charge in [0.1, 0.15) is 29.1 Å². The van der Waals surface area contributed by atoms with Gasteiger partial charge in [-0.15, -0.1) is 0 Å². The molecule has 1 aromatic carbocycles. The van der Waals surface area contributed by atoms with Crippen molar-refractivity contribution in [3.63, 3.8) is 0 Å². The fraction of sp³-hybridized carbons (Fsp3) is 0.605. The van der Waals surface area contributed by atoms with Gasteiger partial charge in [-0.3, -0.25) is 4.98 Å². The Kier molecular flexibility index (Phi) is 9.32. The van der Waals surface area contributed by atoms with Gasteiger partial charge in [0.05, 0.1) is 7.11 Å². The van der Waals surface area contributed by atoms with Crippen LogP contribution in [0.25, 0.3) is 11.4 Å². The van der Waals surface area contributed by atoms with E-state index in [0.29, 0.717) is 45.6 Å². The number of aliphatic hydroxyl groups excluding tert-OH is 1. The number of nitrogens with two attached hydrogens (primary N) is 1. The third-order valence-corrected chi connectivity index (χ3v) is 12.2. The minimum absolute atomic E-state index is 0.242. The van der Waals surface area contributed by atoms with Gasteiger partial charge >= 0.3 is 0 Å². The first kappa shape index (κ1) is 33.6. The van der Waals surface area contributed by atoms with Crippen LogP contribution in [0.3, 0.4) is 0 Å². The van der Waals surface area contributed by atoms with E-state index in [1.54, 1.807) is 13.3 Å². The molecule has 12 heteroatoms. The number of rotatable bonds is 9. The van der Waals surface area contributed by atoms with Crippen molar-refractivity contribution >= 4 is 23.0 Å². The molecule has 5 N–H and O–H groups in total. The van der Waals surface area contributed by atoms with E-state index in [2.05, 4.69) is 61.6 Å². The summed E-state index contributed by atoms with van der Waals surface area (Å²) >= 11 is 0. The minimum Gasteiger partial charge on any atom is -0.494 e. The second kappa shape index (κ2) is 13.9. The molecule has 12 nitrogen and oxygen atoms in total. The number of pyridine rings is 1. The quantitative estimate of drug-likeness (QED) is 0.235. The van der Waals surface area contributed by atoms with E-state index < -0.39 is 6.23 Å². The number of aliphatic hydroxyl groups is 1. The Morgan fingerprint density at radius 1 is 0.920 bits per heavy atom. The molecule has 1 aliphatic carbocycles. The lowest BCUT2D eigenvalue weighted by Crippen LogP contribution is -2.60. The highest BCUT2D eigenvalue weighted by Gasteiger charge is 2.46. The average Bonchev–Trinajstić information content (AvgIpc) is 3.11. The molecule has 0 amide bonds. The van der Waals surface area contributed by atoms with Crippen LogP contribution in [-0.4, -0.2) is 109 Å². The molecule has 4 aliphatic heterocycles.